The maximum absolute atomic E-state index is 4.49. The number of nitrogens with one attached hydrogen (secondary N) is 1. The van der Waals surface area contributed by atoms with Crippen molar-refractivity contribution in [3.05, 3.63) is 41.7 Å². The predicted octanol–water partition coefficient (Wildman–Crippen LogP) is 2.92. The molecule has 1 saturated heterocycles. The van der Waals surface area contributed by atoms with Gasteiger partial charge in [0.2, 0.25) is 0 Å². The normalized spacial score (nSPS) is 18.9. The third kappa shape index (κ3) is 2.87. The Morgan fingerprint density at radius 2 is 2.00 bits per heavy atom. The van der Waals surface area contributed by atoms with Crippen LogP contribution in [0.4, 0.5) is 0 Å². The summed E-state index contributed by atoms with van der Waals surface area (Å²) in [7, 11) is 0. The average Bonchev–Trinajstić information content (AvgIpc) is 2.99. The molecule has 3 heteroatoms. The van der Waals surface area contributed by atoms with Crippen LogP contribution in [-0.2, 0) is 6.54 Å². The molecular weight excluding hydrogens is 234 g/mol. The van der Waals surface area contributed by atoms with E-state index in [4.69, 9.17) is 0 Å². The zero-order valence-electron chi connectivity index (χ0n) is 11.7. The minimum Gasteiger partial charge on any atom is -0.312 e. The molecule has 100 valence electrons. The fourth-order valence-corrected chi connectivity index (χ4v) is 2.89. The zero-order chi connectivity index (χ0) is 13.2. The van der Waals surface area contributed by atoms with Gasteiger partial charge in [-0.2, -0.15) is 5.10 Å². The molecule has 0 saturated carbocycles. The second-order valence-corrected chi connectivity index (χ2v) is 5.62. The summed E-state index contributed by atoms with van der Waals surface area (Å²) < 4.78 is 2.07. The van der Waals surface area contributed by atoms with Gasteiger partial charge in [0, 0.05) is 17.8 Å². The van der Waals surface area contributed by atoms with Crippen molar-refractivity contribution in [3.63, 3.8) is 0 Å². The summed E-state index contributed by atoms with van der Waals surface area (Å²) in [6.45, 7) is 6.41. The summed E-state index contributed by atoms with van der Waals surface area (Å²) in [5, 5.41) is 8.00. The molecule has 0 bridgehead atoms. The van der Waals surface area contributed by atoms with E-state index in [0.29, 0.717) is 6.04 Å². The standard InChI is InChI=1S/C16H21N3/c1-12-6-13(2)8-14(7-12)15-9-18-19(10-15)11-16-4-3-5-17-16/h6-10,16-17H,3-5,11H2,1-2H3. The van der Waals surface area contributed by atoms with E-state index in [0.717, 1.165) is 13.1 Å². The highest BCUT2D eigenvalue weighted by molar-refractivity contribution is 5.63. The van der Waals surface area contributed by atoms with E-state index in [1.54, 1.807) is 0 Å². The van der Waals surface area contributed by atoms with E-state index in [1.807, 2.05) is 6.20 Å². The molecule has 1 aromatic heterocycles. The summed E-state index contributed by atoms with van der Waals surface area (Å²) in [5.41, 5.74) is 5.09. The lowest BCUT2D eigenvalue weighted by Gasteiger charge is -2.09. The summed E-state index contributed by atoms with van der Waals surface area (Å²) in [6.07, 6.45) is 6.69. The molecule has 1 aromatic carbocycles. The molecular formula is C16H21N3. The van der Waals surface area contributed by atoms with Gasteiger partial charge in [0.15, 0.2) is 0 Å². The van der Waals surface area contributed by atoms with Crippen molar-refractivity contribution in [2.45, 2.75) is 39.3 Å². The topological polar surface area (TPSA) is 29.9 Å². The summed E-state index contributed by atoms with van der Waals surface area (Å²) in [5.74, 6) is 0. The minimum absolute atomic E-state index is 0.590. The lowest BCUT2D eigenvalue weighted by molar-refractivity contribution is 0.476. The van der Waals surface area contributed by atoms with E-state index in [-0.39, 0.29) is 0 Å². The third-order valence-electron chi connectivity index (χ3n) is 3.76. The Hall–Kier alpha value is -1.61. The quantitative estimate of drug-likeness (QED) is 0.914. The van der Waals surface area contributed by atoms with Gasteiger partial charge in [-0.25, -0.2) is 0 Å². The molecule has 0 radical (unpaired) electrons. The smallest absolute Gasteiger partial charge is 0.0568 e. The Balaban J connectivity index is 1.79. The van der Waals surface area contributed by atoms with Crippen LogP contribution in [0, 0.1) is 13.8 Å². The Morgan fingerprint density at radius 1 is 1.21 bits per heavy atom. The summed E-state index contributed by atoms with van der Waals surface area (Å²) >= 11 is 0. The number of benzene rings is 1. The van der Waals surface area contributed by atoms with Gasteiger partial charge in [-0.15, -0.1) is 0 Å². The minimum atomic E-state index is 0.590. The van der Waals surface area contributed by atoms with Gasteiger partial charge in [-0.1, -0.05) is 29.3 Å². The van der Waals surface area contributed by atoms with Crippen molar-refractivity contribution in [2.75, 3.05) is 6.54 Å². The first kappa shape index (κ1) is 12.4. The molecule has 1 fully saturated rings. The average molecular weight is 255 g/mol. The Morgan fingerprint density at radius 3 is 2.68 bits per heavy atom. The summed E-state index contributed by atoms with van der Waals surface area (Å²) in [6, 6.07) is 7.24. The Bertz CT molecular complexity index is 545. The predicted molar refractivity (Wildman–Crippen MR) is 78.2 cm³/mol. The molecule has 3 nitrogen and oxygen atoms in total. The van der Waals surface area contributed by atoms with Gasteiger partial charge >= 0.3 is 0 Å². The van der Waals surface area contributed by atoms with Gasteiger partial charge in [0.1, 0.15) is 0 Å². The maximum atomic E-state index is 4.49. The number of rotatable bonds is 3. The fourth-order valence-electron chi connectivity index (χ4n) is 2.89. The SMILES string of the molecule is Cc1cc(C)cc(-c2cnn(CC3CCCN3)c2)c1. The van der Waals surface area contributed by atoms with Crippen molar-refractivity contribution < 1.29 is 0 Å². The monoisotopic (exact) mass is 255 g/mol. The maximum Gasteiger partial charge on any atom is 0.0568 e. The van der Waals surface area contributed by atoms with Crippen molar-refractivity contribution in [1.29, 1.82) is 0 Å². The van der Waals surface area contributed by atoms with Gasteiger partial charge in [0.05, 0.1) is 12.7 Å². The molecule has 0 aliphatic carbocycles. The van der Waals surface area contributed by atoms with Crippen LogP contribution in [0.5, 0.6) is 0 Å². The highest BCUT2D eigenvalue weighted by Crippen LogP contribution is 2.22. The number of aryl methyl sites for hydroxylation is 2. The molecule has 1 aliphatic heterocycles. The van der Waals surface area contributed by atoms with Gasteiger partial charge in [-0.3, -0.25) is 4.68 Å². The van der Waals surface area contributed by atoms with E-state index >= 15 is 0 Å². The Labute approximate surface area is 114 Å². The molecule has 0 amide bonds. The van der Waals surface area contributed by atoms with Gasteiger partial charge < -0.3 is 5.32 Å². The third-order valence-corrected chi connectivity index (χ3v) is 3.76. The van der Waals surface area contributed by atoms with Crippen LogP contribution in [0.2, 0.25) is 0 Å². The van der Waals surface area contributed by atoms with Crippen LogP contribution in [0.1, 0.15) is 24.0 Å². The molecule has 2 heterocycles. The van der Waals surface area contributed by atoms with Crippen LogP contribution < -0.4 is 5.32 Å². The molecule has 1 aliphatic rings. The van der Waals surface area contributed by atoms with E-state index in [9.17, 15) is 0 Å². The second kappa shape index (κ2) is 5.17. The van der Waals surface area contributed by atoms with Crippen LogP contribution in [-0.4, -0.2) is 22.4 Å². The number of hydrogen-bond acceptors (Lipinski definition) is 2. The van der Waals surface area contributed by atoms with Gasteiger partial charge in [-0.05, 0) is 38.8 Å². The van der Waals surface area contributed by atoms with Crippen molar-refractivity contribution >= 4 is 0 Å². The molecule has 0 spiro atoms. The largest absolute Gasteiger partial charge is 0.312 e. The van der Waals surface area contributed by atoms with Crippen molar-refractivity contribution in [3.8, 4) is 11.1 Å². The highest BCUT2D eigenvalue weighted by Gasteiger charge is 2.15. The van der Waals surface area contributed by atoms with Crippen LogP contribution in [0.25, 0.3) is 11.1 Å². The van der Waals surface area contributed by atoms with Crippen molar-refractivity contribution in [1.82, 2.24) is 15.1 Å². The van der Waals surface area contributed by atoms with E-state index < -0.39 is 0 Å². The summed E-state index contributed by atoms with van der Waals surface area (Å²) in [4.78, 5) is 0. The Kier molecular flexibility index (Phi) is 3.38. The van der Waals surface area contributed by atoms with E-state index in [1.165, 1.54) is 35.1 Å². The number of aromatic nitrogens is 2. The van der Waals surface area contributed by atoms with Crippen LogP contribution >= 0.6 is 0 Å². The lowest BCUT2D eigenvalue weighted by Crippen LogP contribution is -2.26. The molecule has 19 heavy (non-hydrogen) atoms. The highest BCUT2D eigenvalue weighted by atomic mass is 15.3. The number of nitrogens with zero attached hydrogens (tertiary/aromatic N) is 2. The zero-order valence-corrected chi connectivity index (χ0v) is 11.7. The first-order valence-electron chi connectivity index (χ1n) is 7.05. The van der Waals surface area contributed by atoms with Gasteiger partial charge in [0.25, 0.3) is 0 Å². The van der Waals surface area contributed by atoms with Crippen LogP contribution in [0.15, 0.2) is 30.6 Å². The van der Waals surface area contributed by atoms with Crippen molar-refractivity contribution in [2.24, 2.45) is 0 Å². The first-order valence-corrected chi connectivity index (χ1v) is 7.05. The number of hydrogen-bond donors (Lipinski definition) is 1. The molecule has 2 aromatic rings. The van der Waals surface area contributed by atoms with Crippen LogP contribution in [0.3, 0.4) is 0 Å². The van der Waals surface area contributed by atoms with E-state index in [2.05, 4.69) is 53.3 Å². The second-order valence-electron chi connectivity index (χ2n) is 5.62. The molecule has 3 rings (SSSR count). The molecule has 1 atom stereocenters. The fraction of sp³-hybridized carbons (Fsp3) is 0.438. The lowest BCUT2D eigenvalue weighted by atomic mass is 10.0. The first-order chi connectivity index (χ1) is 9.20. The molecule has 1 N–H and O–H groups in total. The molecule has 1 unspecified atom stereocenters.